The van der Waals surface area contributed by atoms with E-state index >= 15 is 0 Å². The summed E-state index contributed by atoms with van der Waals surface area (Å²) in [5.41, 5.74) is 0.638. The van der Waals surface area contributed by atoms with E-state index in [1.54, 1.807) is 50.4 Å². The summed E-state index contributed by atoms with van der Waals surface area (Å²) >= 11 is 1.36. The lowest BCUT2D eigenvalue weighted by molar-refractivity contribution is -0.118. The summed E-state index contributed by atoms with van der Waals surface area (Å²) in [5, 5.41) is 3.66. The summed E-state index contributed by atoms with van der Waals surface area (Å²) in [7, 11) is 1.59. The van der Waals surface area contributed by atoms with Crippen molar-refractivity contribution in [2.24, 2.45) is 0 Å². The van der Waals surface area contributed by atoms with Gasteiger partial charge in [0.25, 0.3) is 5.91 Å². The van der Waals surface area contributed by atoms with Crippen LogP contribution in [0.5, 0.6) is 11.5 Å². The van der Waals surface area contributed by atoms with E-state index in [0.717, 1.165) is 15.8 Å². The minimum absolute atomic E-state index is 0.109. The zero-order valence-electron chi connectivity index (χ0n) is 15.0. The molecule has 2 aromatic carbocycles. The molecule has 0 atom stereocenters. The highest BCUT2D eigenvalue weighted by atomic mass is 32.1. The Bertz CT molecular complexity index is 949. The lowest BCUT2D eigenvalue weighted by Gasteiger charge is -2.08. The van der Waals surface area contributed by atoms with Crippen molar-refractivity contribution >= 4 is 39.0 Å². The molecule has 0 aliphatic carbocycles. The molecule has 0 saturated carbocycles. The van der Waals surface area contributed by atoms with Gasteiger partial charge in [-0.25, -0.2) is 4.79 Å². The van der Waals surface area contributed by atoms with E-state index in [9.17, 15) is 9.59 Å². The average Bonchev–Trinajstić information content (AvgIpc) is 3.10. The minimum Gasteiger partial charge on any atom is -0.497 e. The SMILES string of the molecule is CCOC(=O)c1cc2cc(NC(=O)COc3ccc(OC)cc3)ccc2s1. The third-order valence-electron chi connectivity index (χ3n) is 3.71. The number of esters is 1. The van der Waals surface area contributed by atoms with Crippen LogP contribution < -0.4 is 14.8 Å². The second kappa shape index (κ2) is 8.55. The van der Waals surface area contributed by atoms with Crippen LogP contribution in [0.1, 0.15) is 16.6 Å². The molecular formula is C20H19NO5S. The van der Waals surface area contributed by atoms with Crippen LogP contribution in [0.25, 0.3) is 10.1 Å². The first-order chi connectivity index (χ1) is 13.1. The smallest absolute Gasteiger partial charge is 0.348 e. The second-order valence-electron chi connectivity index (χ2n) is 5.60. The van der Waals surface area contributed by atoms with E-state index < -0.39 is 0 Å². The molecule has 0 saturated heterocycles. The van der Waals surface area contributed by atoms with Crippen LogP contribution in [-0.4, -0.2) is 32.2 Å². The third-order valence-corrected chi connectivity index (χ3v) is 4.80. The van der Waals surface area contributed by atoms with Gasteiger partial charge in [-0.05, 0) is 60.8 Å². The first kappa shape index (κ1) is 18.7. The number of hydrogen-bond donors (Lipinski definition) is 1. The first-order valence-corrected chi connectivity index (χ1v) is 9.18. The molecule has 7 heteroatoms. The molecule has 1 aromatic heterocycles. The maximum Gasteiger partial charge on any atom is 0.348 e. The zero-order valence-corrected chi connectivity index (χ0v) is 15.8. The van der Waals surface area contributed by atoms with E-state index in [1.165, 1.54) is 11.3 Å². The van der Waals surface area contributed by atoms with Gasteiger partial charge in [0, 0.05) is 10.4 Å². The Kier molecular flexibility index (Phi) is 5.93. The van der Waals surface area contributed by atoms with Crippen molar-refractivity contribution in [3.63, 3.8) is 0 Å². The number of thiophene rings is 1. The number of ether oxygens (including phenoxy) is 3. The molecule has 3 rings (SSSR count). The van der Waals surface area contributed by atoms with Gasteiger partial charge in [-0.15, -0.1) is 11.3 Å². The molecule has 0 aliphatic heterocycles. The van der Waals surface area contributed by atoms with Crippen LogP contribution in [0.4, 0.5) is 5.69 Å². The zero-order chi connectivity index (χ0) is 19.2. The van der Waals surface area contributed by atoms with Crippen LogP contribution in [-0.2, 0) is 9.53 Å². The molecule has 6 nitrogen and oxygen atoms in total. The molecular weight excluding hydrogens is 366 g/mol. The van der Waals surface area contributed by atoms with Crippen LogP contribution >= 0.6 is 11.3 Å². The molecule has 0 unspecified atom stereocenters. The Morgan fingerprint density at radius 3 is 2.48 bits per heavy atom. The van der Waals surface area contributed by atoms with Gasteiger partial charge in [0.2, 0.25) is 0 Å². The summed E-state index contributed by atoms with van der Waals surface area (Å²) < 4.78 is 16.5. The number of nitrogens with one attached hydrogen (secondary N) is 1. The van der Waals surface area contributed by atoms with Crippen molar-refractivity contribution in [1.29, 1.82) is 0 Å². The normalized spacial score (nSPS) is 10.4. The number of hydrogen-bond acceptors (Lipinski definition) is 6. The Morgan fingerprint density at radius 1 is 1.04 bits per heavy atom. The number of carbonyl (C=O) groups excluding carboxylic acids is 2. The fourth-order valence-electron chi connectivity index (χ4n) is 2.44. The summed E-state index contributed by atoms with van der Waals surface area (Å²) in [6.07, 6.45) is 0. The summed E-state index contributed by atoms with van der Waals surface area (Å²) in [6.45, 7) is 2.00. The van der Waals surface area contributed by atoms with Gasteiger partial charge in [-0.2, -0.15) is 0 Å². The quantitative estimate of drug-likeness (QED) is 0.620. The molecule has 1 N–H and O–H groups in total. The standard InChI is InChI=1S/C20H19NO5S/c1-3-25-20(23)18-11-13-10-14(4-9-17(13)27-18)21-19(22)12-26-16-7-5-15(24-2)6-8-16/h4-11H,3,12H2,1-2H3,(H,21,22). The fraction of sp³-hybridized carbons (Fsp3) is 0.200. The van der Waals surface area contributed by atoms with Crippen LogP contribution in [0, 0.1) is 0 Å². The van der Waals surface area contributed by atoms with Crippen molar-refractivity contribution in [1.82, 2.24) is 0 Å². The molecule has 1 heterocycles. The van der Waals surface area contributed by atoms with Gasteiger partial charge in [0.1, 0.15) is 16.4 Å². The van der Waals surface area contributed by atoms with E-state index in [4.69, 9.17) is 14.2 Å². The van der Waals surface area contributed by atoms with E-state index in [1.807, 2.05) is 12.1 Å². The summed E-state index contributed by atoms with van der Waals surface area (Å²) in [6, 6.07) is 14.2. The van der Waals surface area contributed by atoms with Gasteiger partial charge < -0.3 is 19.5 Å². The second-order valence-corrected chi connectivity index (χ2v) is 6.68. The highest BCUT2D eigenvalue weighted by Gasteiger charge is 2.12. The fourth-order valence-corrected chi connectivity index (χ4v) is 3.38. The molecule has 0 radical (unpaired) electrons. The van der Waals surface area contributed by atoms with Gasteiger partial charge in [0.15, 0.2) is 6.61 Å². The lowest BCUT2D eigenvalue weighted by atomic mass is 10.2. The molecule has 1 amide bonds. The number of anilines is 1. The summed E-state index contributed by atoms with van der Waals surface area (Å²) in [5.74, 6) is 0.694. The van der Waals surface area contributed by atoms with Crippen molar-refractivity contribution in [2.45, 2.75) is 6.92 Å². The van der Waals surface area contributed by atoms with Crippen LogP contribution in [0.2, 0.25) is 0 Å². The van der Waals surface area contributed by atoms with Gasteiger partial charge in [-0.3, -0.25) is 4.79 Å². The van der Waals surface area contributed by atoms with Crippen LogP contribution in [0.3, 0.4) is 0 Å². The monoisotopic (exact) mass is 385 g/mol. The van der Waals surface area contributed by atoms with E-state index in [-0.39, 0.29) is 18.5 Å². The predicted molar refractivity (Wildman–Crippen MR) is 105 cm³/mol. The number of carbonyl (C=O) groups is 2. The highest BCUT2D eigenvalue weighted by Crippen LogP contribution is 2.28. The average molecular weight is 385 g/mol. The maximum atomic E-state index is 12.1. The maximum absolute atomic E-state index is 12.1. The van der Waals surface area contributed by atoms with Gasteiger partial charge >= 0.3 is 5.97 Å². The topological polar surface area (TPSA) is 73.9 Å². The number of methoxy groups -OCH3 is 1. The van der Waals surface area contributed by atoms with Crippen molar-refractivity contribution in [3.8, 4) is 11.5 Å². The van der Waals surface area contributed by atoms with Crippen LogP contribution in [0.15, 0.2) is 48.5 Å². The van der Waals surface area contributed by atoms with Gasteiger partial charge in [-0.1, -0.05) is 0 Å². The van der Waals surface area contributed by atoms with Crippen molar-refractivity contribution < 1.29 is 23.8 Å². The molecule has 140 valence electrons. The van der Waals surface area contributed by atoms with Gasteiger partial charge in [0.05, 0.1) is 13.7 Å². The number of fused-ring (bicyclic) bond motifs is 1. The molecule has 0 fully saturated rings. The minimum atomic E-state index is -0.336. The number of benzene rings is 2. The Balaban J connectivity index is 1.61. The highest BCUT2D eigenvalue weighted by molar-refractivity contribution is 7.20. The number of amides is 1. The molecule has 27 heavy (non-hydrogen) atoms. The Hall–Kier alpha value is -3.06. The Morgan fingerprint density at radius 2 is 1.78 bits per heavy atom. The molecule has 0 aliphatic rings. The predicted octanol–water partition coefficient (Wildman–Crippen LogP) is 4.10. The van der Waals surface area contributed by atoms with Crippen molar-refractivity contribution in [3.05, 3.63) is 53.4 Å². The third kappa shape index (κ3) is 4.77. The first-order valence-electron chi connectivity index (χ1n) is 8.36. The summed E-state index contributed by atoms with van der Waals surface area (Å²) in [4.78, 5) is 24.5. The lowest BCUT2D eigenvalue weighted by Crippen LogP contribution is -2.20. The molecule has 0 bridgehead atoms. The number of rotatable bonds is 7. The molecule has 3 aromatic rings. The largest absolute Gasteiger partial charge is 0.497 e. The van der Waals surface area contributed by atoms with E-state index in [0.29, 0.717) is 22.9 Å². The van der Waals surface area contributed by atoms with Crippen molar-refractivity contribution in [2.75, 3.05) is 25.6 Å². The van der Waals surface area contributed by atoms with E-state index in [2.05, 4.69) is 5.32 Å². The Labute approximate surface area is 160 Å². The molecule has 0 spiro atoms.